The van der Waals surface area contributed by atoms with Crippen LogP contribution in [0.5, 0.6) is 0 Å². The van der Waals surface area contributed by atoms with Gasteiger partial charge in [0.2, 0.25) is 5.91 Å². The highest BCUT2D eigenvalue weighted by Gasteiger charge is 2.07. The van der Waals surface area contributed by atoms with E-state index in [9.17, 15) is 4.79 Å². The van der Waals surface area contributed by atoms with Gasteiger partial charge in [-0.05, 0) is 33.2 Å². The van der Waals surface area contributed by atoms with E-state index in [0.717, 1.165) is 45.7 Å². The smallest absolute Gasteiger partial charge is 0.236 e. The first kappa shape index (κ1) is 16.4. The zero-order chi connectivity index (χ0) is 12.9. The molecular formula is C13H28N2O2. The van der Waals surface area contributed by atoms with Crippen molar-refractivity contribution in [2.45, 2.75) is 40.0 Å². The first-order valence-corrected chi connectivity index (χ1v) is 6.82. The maximum Gasteiger partial charge on any atom is 0.236 e. The van der Waals surface area contributed by atoms with Crippen LogP contribution in [0.3, 0.4) is 0 Å². The van der Waals surface area contributed by atoms with Gasteiger partial charge in [-0.1, -0.05) is 13.3 Å². The Morgan fingerprint density at radius 3 is 2.35 bits per heavy atom. The molecule has 0 unspecified atom stereocenters. The molecule has 0 saturated carbocycles. The maximum atomic E-state index is 11.6. The fourth-order valence-electron chi connectivity index (χ4n) is 1.53. The molecule has 17 heavy (non-hydrogen) atoms. The number of ether oxygens (including phenoxy) is 1. The van der Waals surface area contributed by atoms with E-state index in [4.69, 9.17) is 4.74 Å². The number of likely N-dealkylation sites (N-methyl/N-ethyl adjacent to an activating group) is 1. The lowest BCUT2D eigenvalue weighted by molar-refractivity contribution is -0.129. The number of unbranched alkanes of at least 4 members (excludes halogenated alkanes) is 1. The van der Waals surface area contributed by atoms with Crippen LogP contribution < -0.4 is 5.32 Å². The molecule has 1 N–H and O–H groups in total. The van der Waals surface area contributed by atoms with Gasteiger partial charge in [-0.3, -0.25) is 4.79 Å². The number of carbonyl (C=O) groups excluding carboxylic acids is 1. The molecule has 0 heterocycles. The van der Waals surface area contributed by atoms with E-state index in [1.165, 1.54) is 6.42 Å². The van der Waals surface area contributed by atoms with Crippen molar-refractivity contribution >= 4 is 5.91 Å². The molecular weight excluding hydrogens is 216 g/mol. The van der Waals surface area contributed by atoms with Crippen LogP contribution in [0.15, 0.2) is 0 Å². The van der Waals surface area contributed by atoms with Crippen molar-refractivity contribution < 1.29 is 9.53 Å². The Kier molecular flexibility index (Phi) is 11.4. The Bertz CT molecular complexity index is 182. The second-order valence-electron chi connectivity index (χ2n) is 4.06. The summed E-state index contributed by atoms with van der Waals surface area (Å²) in [5, 5.41) is 3.15. The molecule has 0 rings (SSSR count). The SMILES string of the molecule is CCCCOCCCNCC(=O)N(CC)CC. The largest absolute Gasteiger partial charge is 0.381 e. The van der Waals surface area contributed by atoms with Crippen molar-refractivity contribution in [2.75, 3.05) is 39.4 Å². The predicted octanol–water partition coefficient (Wildman–Crippen LogP) is 1.65. The molecule has 0 aromatic heterocycles. The maximum absolute atomic E-state index is 11.6. The second-order valence-corrected chi connectivity index (χ2v) is 4.06. The van der Waals surface area contributed by atoms with Crippen LogP contribution in [-0.2, 0) is 9.53 Å². The highest BCUT2D eigenvalue weighted by atomic mass is 16.5. The number of carbonyl (C=O) groups is 1. The van der Waals surface area contributed by atoms with Gasteiger partial charge in [0.05, 0.1) is 6.54 Å². The number of hydrogen-bond donors (Lipinski definition) is 1. The summed E-state index contributed by atoms with van der Waals surface area (Å²) < 4.78 is 5.44. The summed E-state index contributed by atoms with van der Waals surface area (Å²) in [6.45, 7) is 10.7. The summed E-state index contributed by atoms with van der Waals surface area (Å²) in [6.07, 6.45) is 3.28. The van der Waals surface area contributed by atoms with E-state index >= 15 is 0 Å². The molecule has 4 nitrogen and oxygen atoms in total. The highest BCUT2D eigenvalue weighted by Crippen LogP contribution is 1.90. The first-order valence-electron chi connectivity index (χ1n) is 6.82. The zero-order valence-electron chi connectivity index (χ0n) is 11.6. The van der Waals surface area contributed by atoms with Crippen LogP contribution >= 0.6 is 0 Å². The van der Waals surface area contributed by atoms with Crippen LogP contribution in [0.4, 0.5) is 0 Å². The molecule has 0 saturated heterocycles. The third kappa shape index (κ3) is 9.12. The highest BCUT2D eigenvalue weighted by molar-refractivity contribution is 5.78. The van der Waals surface area contributed by atoms with Crippen molar-refractivity contribution in [1.29, 1.82) is 0 Å². The minimum absolute atomic E-state index is 0.182. The number of hydrogen-bond acceptors (Lipinski definition) is 3. The van der Waals surface area contributed by atoms with Gasteiger partial charge in [-0.15, -0.1) is 0 Å². The van der Waals surface area contributed by atoms with Gasteiger partial charge in [-0.2, -0.15) is 0 Å². The molecule has 0 radical (unpaired) electrons. The molecule has 0 bridgehead atoms. The molecule has 0 spiro atoms. The van der Waals surface area contributed by atoms with Crippen LogP contribution in [0, 0.1) is 0 Å². The van der Waals surface area contributed by atoms with E-state index < -0.39 is 0 Å². The summed E-state index contributed by atoms with van der Waals surface area (Å²) in [7, 11) is 0. The summed E-state index contributed by atoms with van der Waals surface area (Å²) >= 11 is 0. The molecule has 0 aromatic rings. The van der Waals surface area contributed by atoms with E-state index in [1.807, 2.05) is 18.7 Å². The van der Waals surface area contributed by atoms with Crippen LogP contribution in [0.2, 0.25) is 0 Å². The fraction of sp³-hybridized carbons (Fsp3) is 0.923. The fourth-order valence-corrected chi connectivity index (χ4v) is 1.53. The minimum Gasteiger partial charge on any atom is -0.381 e. The van der Waals surface area contributed by atoms with Crippen molar-refractivity contribution in [3.8, 4) is 0 Å². The molecule has 0 aliphatic rings. The summed E-state index contributed by atoms with van der Waals surface area (Å²) in [5.74, 6) is 0.182. The Morgan fingerprint density at radius 1 is 1.12 bits per heavy atom. The quantitative estimate of drug-likeness (QED) is 0.562. The monoisotopic (exact) mass is 244 g/mol. The molecule has 102 valence electrons. The van der Waals surface area contributed by atoms with Gasteiger partial charge >= 0.3 is 0 Å². The Hall–Kier alpha value is -0.610. The van der Waals surface area contributed by atoms with Crippen LogP contribution in [-0.4, -0.2) is 50.2 Å². The van der Waals surface area contributed by atoms with Gasteiger partial charge in [0.25, 0.3) is 0 Å². The van der Waals surface area contributed by atoms with Crippen molar-refractivity contribution in [2.24, 2.45) is 0 Å². The number of amides is 1. The van der Waals surface area contributed by atoms with Gasteiger partial charge < -0.3 is 15.0 Å². The average Bonchev–Trinajstić information content (AvgIpc) is 2.34. The average molecular weight is 244 g/mol. The summed E-state index contributed by atoms with van der Waals surface area (Å²) in [5.41, 5.74) is 0. The van der Waals surface area contributed by atoms with E-state index in [1.54, 1.807) is 0 Å². The van der Waals surface area contributed by atoms with E-state index in [2.05, 4.69) is 12.2 Å². The van der Waals surface area contributed by atoms with Gasteiger partial charge in [0.15, 0.2) is 0 Å². The van der Waals surface area contributed by atoms with Crippen LogP contribution in [0.1, 0.15) is 40.0 Å². The molecule has 0 aliphatic heterocycles. The topological polar surface area (TPSA) is 41.6 Å². The summed E-state index contributed by atoms with van der Waals surface area (Å²) in [4.78, 5) is 13.4. The molecule has 0 atom stereocenters. The van der Waals surface area contributed by atoms with Crippen molar-refractivity contribution in [3.63, 3.8) is 0 Å². The number of nitrogens with zero attached hydrogens (tertiary/aromatic N) is 1. The van der Waals surface area contributed by atoms with Crippen LogP contribution in [0.25, 0.3) is 0 Å². The normalized spacial score (nSPS) is 10.5. The van der Waals surface area contributed by atoms with Gasteiger partial charge in [0.1, 0.15) is 0 Å². The van der Waals surface area contributed by atoms with Gasteiger partial charge in [-0.25, -0.2) is 0 Å². The molecule has 0 aromatic carbocycles. The standard InChI is InChI=1S/C13H28N2O2/c1-4-7-10-17-11-8-9-14-12-13(16)15(5-2)6-3/h14H,4-12H2,1-3H3. The van der Waals surface area contributed by atoms with E-state index in [-0.39, 0.29) is 5.91 Å². The van der Waals surface area contributed by atoms with Crippen molar-refractivity contribution in [1.82, 2.24) is 10.2 Å². The molecule has 4 heteroatoms. The Balaban J connectivity index is 3.30. The first-order chi connectivity index (χ1) is 8.26. The summed E-state index contributed by atoms with van der Waals surface area (Å²) in [6, 6.07) is 0. The third-order valence-electron chi connectivity index (χ3n) is 2.68. The minimum atomic E-state index is 0.182. The van der Waals surface area contributed by atoms with Crippen molar-refractivity contribution in [3.05, 3.63) is 0 Å². The van der Waals surface area contributed by atoms with E-state index in [0.29, 0.717) is 6.54 Å². The lowest BCUT2D eigenvalue weighted by atomic mass is 10.3. The van der Waals surface area contributed by atoms with Gasteiger partial charge in [0, 0.05) is 26.3 Å². The Morgan fingerprint density at radius 2 is 1.76 bits per heavy atom. The lowest BCUT2D eigenvalue weighted by Crippen LogP contribution is -2.38. The second kappa shape index (κ2) is 11.9. The number of nitrogens with one attached hydrogen (secondary N) is 1. The zero-order valence-corrected chi connectivity index (χ0v) is 11.6. The molecule has 1 amide bonds. The third-order valence-corrected chi connectivity index (χ3v) is 2.68. The lowest BCUT2D eigenvalue weighted by Gasteiger charge is -2.18. The molecule has 0 fully saturated rings. The predicted molar refractivity (Wildman–Crippen MR) is 71.1 cm³/mol. The molecule has 0 aliphatic carbocycles. The Labute approximate surface area is 106 Å². The number of rotatable bonds is 11.